The Labute approximate surface area is 83.5 Å². The van der Waals surface area contributed by atoms with Crippen LogP contribution in [0.2, 0.25) is 0 Å². The number of nitrogens with one attached hydrogen (secondary N) is 2. The molecule has 0 unspecified atom stereocenters. The van der Waals surface area contributed by atoms with Crippen molar-refractivity contribution in [3.8, 4) is 0 Å². The van der Waals surface area contributed by atoms with Crippen LogP contribution in [0.5, 0.6) is 0 Å². The summed E-state index contributed by atoms with van der Waals surface area (Å²) >= 11 is 0. The van der Waals surface area contributed by atoms with Gasteiger partial charge in [0, 0.05) is 17.8 Å². The monoisotopic (exact) mass is 193 g/mol. The highest BCUT2D eigenvalue weighted by Crippen LogP contribution is 2.07. The SMILES string of the molecule is CCCNC(=O)c1ccc(NN)cc1. The molecule has 0 fully saturated rings. The lowest BCUT2D eigenvalue weighted by Gasteiger charge is -2.04. The molecular weight excluding hydrogens is 178 g/mol. The fraction of sp³-hybridized carbons (Fsp3) is 0.300. The summed E-state index contributed by atoms with van der Waals surface area (Å²) < 4.78 is 0. The van der Waals surface area contributed by atoms with E-state index in [0.29, 0.717) is 12.1 Å². The maximum absolute atomic E-state index is 11.4. The second-order valence-electron chi connectivity index (χ2n) is 2.98. The summed E-state index contributed by atoms with van der Waals surface area (Å²) in [4.78, 5) is 11.4. The molecule has 0 aromatic heterocycles. The number of hydrazine groups is 1. The van der Waals surface area contributed by atoms with E-state index < -0.39 is 0 Å². The average molecular weight is 193 g/mol. The maximum atomic E-state index is 11.4. The van der Waals surface area contributed by atoms with Crippen LogP contribution in [0.15, 0.2) is 24.3 Å². The Kier molecular flexibility index (Phi) is 3.94. The maximum Gasteiger partial charge on any atom is 0.251 e. The summed E-state index contributed by atoms with van der Waals surface area (Å²) in [7, 11) is 0. The van der Waals surface area contributed by atoms with Gasteiger partial charge in [-0.3, -0.25) is 10.6 Å². The standard InChI is InChI=1S/C10H15N3O/c1-2-7-12-10(14)8-3-5-9(13-11)6-4-8/h3-6,13H,2,7,11H2,1H3,(H,12,14). The Balaban J connectivity index is 2.62. The van der Waals surface area contributed by atoms with Gasteiger partial charge in [0.1, 0.15) is 0 Å². The number of nitrogens with two attached hydrogens (primary N) is 1. The molecule has 0 saturated carbocycles. The molecule has 0 saturated heterocycles. The van der Waals surface area contributed by atoms with E-state index in [0.717, 1.165) is 12.1 Å². The number of benzene rings is 1. The zero-order valence-corrected chi connectivity index (χ0v) is 8.21. The smallest absolute Gasteiger partial charge is 0.251 e. The van der Waals surface area contributed by atoms with Gasteiger partial charge in [0.25, 0.3) is 5.91 Å². The third-order valence-electron chi connectivity index (χ3n) is 1.85. The summed E-state index contributed by atoms with van der Waals surface area (Å²) in [5, 5.41) is 2.80. The van der Waals surface area contributed by atoms with Crippen molar-refractivity contribution in [3.63, 3.8) is 0 Å². The fourth-order valence-electron chi connectivity index (χ4n) is 1.06. The molecule has 1 aromatic rings. The van der Waals surface area contributed by atoms with E-state index in [4.69, 9.17) is 5.84 Å². The highest BCUT2D eigenvalue weighted by molar-refractivity contribution is 5.94. The molecule has 1 rings (SSSR count). The molecule has 4 heteroatoms. The third kappa shape index (κ3) is 2.74. The Hall–Kier alpha value is -1.55. The van der Waals surface area contributed by atoms with Crippen LogP contribution in [-0.4, -0.2) is 12.5 Å². The van der Waals surface area contributed by atoms with E-state index in [1.807, 2.05) is 6.92 Å². The number of hydrogen-bond acceptors (Lipinski definition) is 3. The quantitative estimate of drug-likeness (QED) is 0.495. The molecule has 0 aliphatic rings. The fourth-order valence-corrected chi connectivity index (χ4v) is 1.06. The second-order valence-corrected chi connectivity index (χ2v) is 2.98. The van der Waals surface area contributed by atoms with Crippen molar-refractivity contribution >= 4 is 11.6 Å². The van der Waals surface area contributed by atoms with Crippen molar-refractivity contribution in [2.45, 2.75) is 13.3 Å². The van der Waals surface area contributed by atoms with Crippen LogP contribution in [0.25, 0.3) is 0 Å². The van der Waals surface area contributed by atoms with Gasteiger partial charge in [-0.1, -0.05) is 6.92 Å². The number of anilines is 1. The summed E-state index contributed by atoms with van der Waals surface area (Å²) in [5.41, 5.74) is 3.94. The highest BCUT2D eigenvalue weighted by atomic mass is 16.1. The van der Waals surface area contributed by atoms with Gasteiger partial charge in [0.15, 0.2) is 0 Å². The van der Waals surface area contributed by atoms with Crippen LogP contribution in [0, 0.1) is 0 Å². The van der Waals surface area contributed by atoms with Crippen LogP contribution in [-0.2, 0) is 0 Å². The first-order valence-corrected chi connectivity index (χ1v) is 4.62. The van der Waals surface area contributed by atoms with Gasteiger partial charge in [-0.25, -0.2) is 0 Å². The number of hydrogen-bond donors (Lipinski definition) is 3. The number of rotatable bonds is 4. The van der Waals surface area contributed by atoms with Gasteiger partial charge < -0.3 is 10.7 Å². The van der Waals surface area contributed by atoms with Crippen molar-refractivity contribution in [3.05, 3.63) is 29.8 Å². The topological polar surface area (TPSA) is 67.2 Å². The molecule has 0 heterocycles. The van der Waals surface area contributed by atoms with Crippen molar-refractivity contribution in [2.24, 2.45) is 5.84 Å². The first-order chi connectivity index (χ1) is 6.77. The van der Waals surface area contributed by atoms with E-state index in [1.165, 1.54) is 0 Å². The molecule has 4 nitrogen and oxygen atoms in total. The summed E-state index contributed by atoms with van der Waals surface area (Å²) in [6.45, 7) is 2.72. The van der Waals surface area contributed by atoms with E-state index in [2.05, 4.69) is 10.7 Å². The zero-order chi connectivity index (χ0) is 10.4. The Morgan fingerprint density at radius 3 is 2.50 bits per heavy atom. The van der Waals surface area contributed by atoms with Crippen LogP contribution in [0.3, 0.4) is 0 Å². The lowest BCUT2D eigenvalue weighted by Crippen LogP contribution is -2.23. The predicted molar refractivity (Wildman–Crippen MR) is 56.9 cm³/mol. The van der Waals surface area contributed by atoms with Gasteiger partial charge in [-0.05, 0) is 30.7 Å². The Morgan fingerprint density at radius 1 is 1.36 bits per heavy atom. The molecule has 0 aliphatic carbocycles. The Bertz CT molecular complexity index is 295. The largest absolute Gasteiger partial charge is 0.352 e. The summed E-state index contributed by atoms with van der Waals surface area (Å²) in [5.74, 6) is 5.16. The van der Waals surface area contributed by atoms with Crippen LogP contribution in [0.4, 0.5) is 5.69 Å². The van der Waals surface area contributed by atoms with Gasteiger partial charge in [-0.15, -0.1) is 0 Å². The van der Waals surface area contributed by atoms with E-state index in [-0.39, 0.29) is 5.91 Å². The highest BCUT2D eigenvalue weighted by Gasteiger charge is 2.02. The summed E-state index contributed by atoms with van der Waals surface area (Å²) in [6, 6.07) is 7.00. The molecule has 1 aromatic carbocycles. The van der Waals surface area contributed by atoms with Crippen LogP contribution >= 0.6 is 0 Å². The van der Waals surface area contributed by atoms with Crippen molar-refractivity contribution < 1.29 is 4.79 Å². The van der Waals surface area contributed by atoms with Gasteiger partial charge >= 0.3 is 0 Å². The lowest BCUT2D eigenvalue weighted by molar-refractivity contribution is 0.0953. The van der Waals surface area contributed by atoms with Crippen molar-refractivity contribution in [1.82, 2.24) is 5.32 Å². The molecule has 1 amide bonds. The molecule has 0 aliphatic heterocycles. The molecule has 0 bridgehead atoms. The normalized spacial score (nSPS) is 9.57. The Morgan fingerprint density at radius 2 is 2.00 bits per heavy atom. The molecule has 14 heavy (non-hydrogen) atoms. The van der Waals surface area contributed by atoms with Gasteiger partial charge in [0.05, 0.1) is 0 Å². The molecule has 0 radical (unpaired) electrons. The zero-order valence-electron chi connectivity index (χ0n) is 8.21. The van der Waals surface area contributed by atoms with Gasteiger partial charge in [-0.2, -0.15) is 0 Å². The number of nitrogen functional groups attached to an aromatic ring is 1. The molecular formula is C10H15N3O. The van der Waals surface area contributed by atoms with E-state index >= 15 is 0 Å². The van der Waals surface area contributed by atoms with Gasteiger partial charge in [0.2, 0.25) is 0 Å². The minimum atomic E-state index is -0.0459. The summed E-state index contributed by atoms with van der Waals surface area (Å²) in [6.07, 6.45) is 0.939. The molecule has 4 N–H and O–H groups in total. The predicted octanol–water partition coefficient (Wildman–Crippen LogP) is 1.11. The third-order valence-corrected chi connectivity index (χ3v) is 1.85. The van der Waals surface area contributed by atoms with Crippen molar-refractivity contribution in [2.75, 3.05) is 12.0 Å². The molecule has 76 valence electrons. The average Bonchev–Trinajstić information content (AvgIpc) is 2.26. The number of amides is 1. The van der Waals surface area contributed by atoms with Crippen LogP contribution in [0.1, 0.15) is 23.7 Å². The molecule has 0 atom stereocenters. The number of carbonyl (C=O) groups is 1. The first-order valence-electron chi connectivity index (χ1n) is 4.62. The minimum absolute atomic E-state index is 0.0459. The lowest BCUT2D eigenvalue weighted by atomic mass is 10.2. The first kappa shape index (κ1) is 10.5. The van der Waals surface area contributed by atoms with E-state index in [1.54, 1.807) is 24.3 Å². The molecule has 0 spiro atoms. The van der Waals surface area contributed by atoms with Crippen LogP contribution < -0.4 is 16.6 Å². The van der Waals surface area contributed by atoms with E-state index in [9.17, 15) is 4.79 Å². The van der Waals surface area contributed by atoms with Crippen molar-refractivity contribution in [1.29, 1.82) is 0 Å². The minimum Gasteiger partial charge on any atom is -0.352 e. The second kappa shape index (κ2) is 5.24. The number of carbonyl (C=O) groups excluding carboxylic acids is 1.